The van der Waals surface area contributed by atoms with E-state index >= 15 is 0 Å². The maximum absolute atomic E-state index is 12.1. The van der Waals surface area contributed by atoms with Gasteiger partial charge < -0.3 is 0 Å². The number of Topliss-reactive ketones (excluding diaryl/α,β-unsaturated/α-hetero) is 2. The third kappa shape index (κ3) is 2.06. The van der Waals surface area contributed by atoms with Crippen LogP contribution in [0.3, 0.4) is 0 Å². The largest absolute Gasteiger partial charge is 0.300 e. The standard InChI is InChI=1S/C21H30O2/c1-13(22)17-6-7-18-16-5-4-14-12-15(23)8-10-20(14,2)19(16)9-11-21(17,18)3/h4,16-19H,5-12H2,1-3H3/t16?,17?,18?,19?,20-,21+/m0/s1. The molecule has 0 heterocycles. The predicted molar refractivity (Wildman–Crippen MR) is 90.9 cm³/mol. The first-order chi connectivity index (χ1) is 10.9. The molecule has 2 heteroatoms. The van der Waals surface area contributed by atoms with Crippen LogP contribution < -0.4 is 0 Å². The molecule has 0 radical (unpaired) electrons. The van der Waals surface area contributed by atoms with Crippen LogP contribution >= 0.6 is 0 Å². The average Bonchev–Trinajstić information content (AvgIpc) is 2.85. The molecule has 0 amide bonds. The molecule has 6 atom stereocenters. The summed E-state index contributed by atoms with van der Waals surface area (Å²) < 4.78 is 0. The van der Waals surface area contributed by atoms with Gasteiger partial charge in [0.25, 0.3) is 0 Å². The molecule has 2 nitrogen and oxygen atoms in total. The maximum Gasteiger partial charge on any atom is 0.136 e. The van der Waals surface area contributed by atoms with Gasteiger partial charge in [-0.05, 0) is 74.0 Å². The van der Waals surface area contributed by atoms with Crippen LogP contribution in [-0.4, -0.2) is 11.6 Å². The SMILES string of the molecule is CC(=O)C1CCC2C3CC=C4CC(=O)CC[C@]4(C)C3CC[C@]12C. The number of carbonyl (C=O) groups is 2. The van der Waals surface area contributed by atoms with Gasteiger partial charge in [0, 0.05) is 18.8 Å². The molecular weight excluding hydrogens is 284 g/mol. The summed E-state index contributed by atoms with van der Waals surface area (Å²) in [4.78, 5) is 24.0. The highest BCUT2D eigenvalue weighted by Gasteiger charge is 2.59. The van der Waals surface area contributed by atoms with Crippen LogP contribution in [0.1, 0.15) is 72.1 Å². The minimum atomic E-state index is 0.235. The van der Waals surface area contributed by atoms with Crippen LogP contribution in [0, 0.1) is 34.5 Å². The molecule has 23 heavy (non-hydrogen) atoms. The average molecular weight is 314 g/mol. The molecule has 0 N–H and O–H groups in total. The summed E-state index contributed by atoms with van der Waals surface area (Å²) in [7, 11) is 0. The van der Waals surface area contributed by atoms with E-state index in [1.165, 1.54) is 24.8 Å². The number of allylic oxidation sites excluding steroid dienone is 2. The van der Waals surface area contributed by atoms with Crippen molar-refractivity contribution in [1.29, 1.82) is 0 Å². The van der Waals surface area contributed by atoms with E-state index < -0.39 is 0 Å². The molecule has 0 aromatic heterocycles. The molecule has 4 rings (SSSR count). The van der Waals surface area contributed by atoms with Crippen molar-refractivity contribution in [3.63, 3.8) is 0 Å². The van der Waals surface area contributed by atoms with Gasteiger partial charge in [0.15, 0.2) is 0 Å². The monoisotopic (exact) mass is 314 g/mol. The Morgan fingerprint density at radius 1 is 1.13 bits per heavy atom. The summed E-state index contributed by atoms with van der Waals surface area (Å²) in [6.45, 7) is 6.64. The molecule has 4 unspecified atom stereocenters. The van der Waals surface area contributed by atoms with Crippen molar-refractivity contribution < 1.29 is 9.59 Å². The lowest BCUT2D eigenvalue weighted by Gasteiger charge is -2.57. The maximum atomic E-state index is 12.1. The van der Waals surface area contributed by atoms with Crippen molar-refractivity contribution >= 4 is 11.6 Å². The Kier molecular flexibility index (Phi) is 3.42. The smallest absolute Gasteiger partial charge is 0.136 e. The third-order valence-corrected chi connectivity index (χ3v) is 8.43. The first-order valence-electron chi connectivity index (χ1n) is 9.58. The second-order valence-electron chi connectivity index (χ2n) is 9.26. The number of hydrogen-bond acceptors (Lipinski definition) is 2. The van der Waals surface area contributed by atoms with Gasteiger partial charge in [-0.1, -0.05) is 25.5 Å². The number of ketones is 2. The Hall–Kier alpha value is -0.920. The summed E-state index contributed by atoms with van der Waals surface area (Å²) >= 11 is 0. The van der Waals surface area contributed by atoms with Crippen LogP contribution in [0.25, 0.3) is 0 Å². The number of hydrogen-bond donors (Lipinski definition) is 0. The van der Waals surface area contributed by atoms with Crippen LogP contribution in [0.4, 0.5) is 0 Å². The molecule has 0 saturated heterocycles. The zero-order valence-electron chi connectivity index (χ0n) is 14.9. The van der Waals surface area contributed by atoms with Gasteiger partial charge in [0.1, 0.15) is 11.6 Å². The predicted octanol–water partition coefficient (Wildman–Crippen LogP) is 4.72. The van der Waals surface area contributed by atoms with Gasteiger partial charge in [-0.2, -0.15) is 0 Å². The lowest BCUT2D eigenvalue weighted by Crippen LogP contribution is -2.50. The van der Waals surface area contributed by atoms with Crippen molar-refractivity contribution in [1.82, 2.24) is 0 Å². The van der Waals surface area contributed by atoms with E-state index in [0.29, 0.717) is 29.8 Å². The summed E-state index contributed by atoms with van der Waals surface area (Å²) in [5.74, 6) is 3.32. The molecule has 4 aliphatic rings. The molecule has 3 fully saturated rings. The molecule has 3 saturated carbocycles. The van der Waals surface area contributed by atoms with E-state index in [4.69, 9.17) is 0 Å². The van der Waals surface area contributed by atoms with E-state index in [0.717, 1.165) is 37.5 Å². The summed E-state index contributed by atoms with van der Waals surface area (Å²) in [6.07, 6.45) is 10.9. The summed E-state index contributed by atoms with van der Waals surface area (Å²) in [6, 6.07) is 0. The van der Waals surface area contributed by atoms with Crippen molar-refractivity contribution in [2.24, 2.45) is 34.5 Å². The van der Waals surface area contributed by atoms with Gasteiger partial charge in [-0.25, -0.2) is 0 Å². The molecule has 0 spiro atoms. The van der Waals surface area contributed by atoms with Gasteiger partial charge in [0.05, 0.1) is 0 Å². The van der Waals surface area contributed by atoms with Gasteiger partial charge in [-0.3, -0.25) is 9.59 Å². The van der Waals surface area contributed by atoms with Crippen molar-refractivity contribution in [2.75, 3.05) is 0 Å². The Morgan fingerprint density at radius 2 is 1.91 bits per heavy atom. The molecule has 4 aliphatic carbocycles. The van der Waals surface area contributed by atoms with E-state index in [2.05, 4.69) is 19.9 Å². The summed E-state index contributed by atoms with van der Waals surface area (Å²) in [5.41, 5.74) is 1.94. The molecular formula is C21H30O2. The highest BCUT2D eigenvalue weighted by molar-refractivity contribution is 5.82. The zero-order chi connectivity index (χ0) is 16.4. The van der Waals surface area contributed by atoms with Crippen molar-refractivity contribution in [3.8, 4) is 0 Å². The molecule has 0 aromatic rings. The molecule has 126 valence electrons. The lowest BCUT2D eigenvalue weighted by atomic mass is 9.47. The fourth-order valence-electron chi connectivity index (χ4n) is 7.14. The highest BCUT2D eigenvalue weighted by atomic mass is 16.1. The van der Waals surface area contributed by atoms with Crippen molar-refractivity contribution in [3.05, 3.63) is 11.6 Å². The number of rotatable bonds is 1. The van der Waals surface area contributed by atoms with Crippen molar-refractivity contribution in [2.45, 2.75) is 72.1 Å². The quantitative estimate of drug-likeness (QED) is 0.656. The fraction of sp³-hybridized carbons (Fsp3) is 0.810. The second kappa shape index (κ2) is 5.04. The van der Waals surface area contributed by atoms with Crippen LogP contribution in [0.15, 0.2) is 11.6 Å². The van der Waals surface area contributed by atoms with Crippen LogP contribution in [0.2, 0.25) is 0 Å². The second-order valence-corrected chi connectivity index (χ2v) is 9.26. The third-order valence-electron chi connectivity index (χ3n) is 8.43. The van der Waals surface area contributed by atoms with Gasteiger partial charge in [-0.15, -0.1) is 0 Å². The zero-order valence-corrected chi connectivity index (χ0v) is 14.9. The van der Waals surface area contributed by atoms with Gasteiger partial charge >= 0.3 is 0 Å². The fourth-order valence-corrected chi connectivity index (χ4v) is 7.14. The Labute approximate surface area is 140 Å². The Bertz CT molecular complexity index is 589. The minimum Gasteiger partial charge on any atom is -0.300 e. The Balaban J connectivity index is 1.67. The van der Waals surface area contributed by atoms with Crippen LogP contribution in [-0.2, 0) is 9.59 Å². The van der Waals surface area contributed by atoms with Crippen LogP contribution in [0.5, 0.6) is 0 Å². The Morgan fingerprint density at radius 3 is 2.65 bits per heavy atom. The topological polar surface area (TPSA) is 34.1 Å². The van der Waals surface area contributed by atoms with E-state index in [9.17, 15) is 9.59 Å². The summed E-state index contributed by atoms with van der Waals surface area (Å²) in [5, 5.41) is 0. The van der Waals surface area contributed by atoms with E-state index in [-0.39, 0.29) is 10.8 Å². The molecule has 0 aromatic carbocycles. The normalized spacial score (nSPS) is 49.0. The minimum absolute atomic E-state index is 0.235. The molecule has 0 bridgehead atoms. The number of fused-ring (bicyclic) bond motifs is 5. The van der Waals surface area contributed by atoms with E-state index in [1.807, 2.05) is 0 Å². The first-order valence-corrected chi connectivity index (χ1v) is 9.58. The lowest BCUT2D eigenvalue weighted by molar-refractivity contribution is -0.129. The molecule has 0 aliphatic heterocycles. The van der Waals surface area contributed by atoms with E-state index in [1.54, 1.807) is 6.92 Å². The highest BCUT2D eigenvalue weighted by Crippen LogP contribution is 2.66. The number of carbonyl (C=O) groups excluding carboxylic acids is 2. The van der Waals surface area contributed by atoms with Gasteiger partial charge in [0.2, 0.25) is 0 Å². The first kappa shape index (κ1) is 15.6.